The van der Waals surface area contributed by atoms with Gasteiger partial charge >= 0.3 is 11.7 Å². The van der Waals surface area contributed by atoms with Crippen LogP contribution in [0.4, 0.5) is 5.69 Å². The monoisotopic (exact) mass is 333 g/mol. The fourth-order valence-corrected chi connectivity index (χ4v) is 1.97. The molecule has 8 nitrogen and oxygen atoms in total. The first-order valence-electron chi connectivity index (χ1n) is 6.76. The molecule has 0 N–H and O–H groups in total. The molecule has 2 rings (SSSR count). The summed E-state index contributed by atoms with van der Waals surface area (Å²) in [6.07, 6.45) is 0. The number of benzene rings is 2. The number of nitro benzene ring substituents is 1. The van der Waals surface area contributed by atoms with Crippen LogP contribution in [0.15, 0.2) is 36.4 Å². The van der Waals surface area contributed by atoms with Crippen LogP contribution in [0, 0.1) is 10.1 Å². The third-order valence-electron chi connectivity index (χ3n) is 3.15. The van der Waals surface area contributed by atoms with Crippen LogP contribution in [0.3, 0.4) is 0 Å². The van der Waals surface area contributed by atoms with Crippen LogP contribution in [0.25, 0.3) is 0 Å². The highest BCUT2D eigenvalue weighted by Crippen LogP contribution is 2.30. The number of nitrogens with zero attached hydrogens (tertiary/aromatic N) is 1. The van der Waals surface area contributed by atoms with Crippen LogP contribution >= 0.6 is 0 Å². The van der Waals surface area contributed by atoms with Crippen molar-refractivity contribution >= 4 is 11.7 Å². The maximum absolute atomic E-state index is 12.2. The van der Waals surface area contributed by atoms with Crippen molar-refractivity contribution in [2.75, 3.05) is 21.3 Å². The second-order valence-electron chi connectivity index (χ2n) is 4.58. The summed E-state index contributed by atoms with van der Waals surface area (Å²) in [6.45, 7) is 0. The molecule has 0 bridgehead atoms. The Morgan fingerprint density at radius 2 is 1.50 bits per heavy atom. The molecule has 0 radical (unpaired) electrons. The van der Waals surface area contributed by atoms with E-state index in [0.29, 0.717) is 11.5 Å². The molecule has 126 valence electrons. The predicted octanol–water partition coefficient (Wildman–Crippen LogP) is 2.84. The van der Waals surface area contributed by atoms with Crippen molar-refractivity contribution in [3.05, 3.63) is 52.1 Å². The minimum absolute atomic E-state index is 0.0179. The van der Waals surface area contributed by atoms with Crippen LogP contribution < -0.4 is 18.9 Å². The van der Waals surface area contributed by atoms with E-state index in [2.05, 4.69) is 0 Å². The van der Waals surface area contributed by atoms with Gasteiger partial charge in [0.25, 0.3) is 0 Å². The van der Waals surface area contributed by atoms with Crippen molar-refractivity contribution in [1.29, 1.82) is 0 Å². The summed E-state index contributed by atoms with van der Waals surface area (Å²) in [6, 6.07) is 8.43. The number of esters is 1. The van der Waals surface area contributed by atoms with Gasteiger partial charge in [0, 0.05) is 24.3 Å². The summed E-state index contributed by atoms with van der Waals surface area (Å²) in [7, 11) is 4.24. The standard InChI is InChI=1S/C16H15NO7/c1-21-11-7-12(22-2)9-13(8-11)24-16(18)10-4-5-15(23-3)14(6-10)17(19)20/h4-9H,1-3H3. The molecule has 0 unspecified atom stereocenters. The fourth-order valence-electron chi connectivity index (χ4n) is 1.97. The Balaban J connectivity index is 2.30. The van der Waals surface area contributed by atoms with E-state index in [-0.39, 0.29) is 22.7 Å². The van der Waals surface area contributed by atoms with Crippen molar-refractivity contribution in [2.24, 2.45) is 0 Å². The van der Waals surface area contributed by atoms with Gasteiger partial charge in [-0.1, -0.05) is 0 Å². The minimum atomic E-state index is -0.754. The highest BCUT2D eigenvalue weighted by molar-refractivity contribution is 5.92. The Bertz CT molecular complexity index is 751. The van der Waals surface area contributed by atoms with E-state index in [4.69, 9.17) is 18.9 Å². The summed E-state index contributed by atoms with van der Waals surface area (Å²) in [5, 5.41) is 11.0. The quantitative estimate of drug-likeness (QED) is 0.347. The number of hydrogen-bond donors (Lipinski definition) is 0. The second kappa shape index (κ2) is 7.32. The Labute approximate surface area is 137 Å². The second-order valence-corrected chi connectivity index (χ2v) is 4.58. The van der Waals surface area contributed by atoms with Gasteiger partial charge in [0.2, 0.25) is 0 Å². The number of hydrogen-bond acceptors (Lipinski definition) is 7. The molecule has 0 amide bonds. The van der Waals surface area contributed by atoms with Gasteiger partial charge in [0.05, 0.1) is 31.8 Å². The van der Waals surface area contributed by atoms with Crippen LogP contribution in [0.5, 0.6) is 23.0 Å². The lowest BCUT2D eigenvalue weighted by atomic mass is 10.2. The van der Waals surface area contributed by atoms with E-state index in [1.165, 1.54) is 45.6 Å². The van der Waals surface area contributed by atoms with Crippen LogP contribution in [-0.2, 0) is 0 Å². The lowest BCUT2D eigenvalue weighted by molar-refractivity contribution is -0.385. The van der Waals surface area contributed by atoms with Gasteiger partial charge in [-0.25, -0.2) is 4.79 Å². The first-order chi connectivity index (χ1) is 11.5. The smallest absolute Gasteiger partial charge is 0.343 e. The third kappa shape index (κ3) is 3.72. The zero-order chi connectivity index (χ0) is 17.7. The van der Waals surface area contributed by atoms with E-state index >= 15 is 0 Å². The summed E-state index contributed by atoms with van der Waals surface area (Å²) >= 11 is 0. The number of nitro groups is 1. The number of carbonyl (C=O) groups is 1. The highest BCUT2D eigenvalue weighted by atomic mass is 16.6. The zero-order valence-electron chi connectivity index (χ0n) is 13.3. The van der Waals surface area contributed by atoms with E-state index in [0.717, 1.165) is 6.07 Å². The van der Waals surface area contributed by atoms with Crippen molar-refractivity contribution in [3.8, 4) is 23.0 Å². The molecule has 24 heavy (non-hydrogen) atoms. The first-order valence-corrected chi connectivity index (χ1v) is 6.76. The van der Waals surface area contributed by atoms with Gasteiger partial charge in [-0.05, 0) is 12.1 Å². The number of methoxy groups -OCH3 is 3. The topological polar surface area (TPSA) is 97.1 Å². The largest absolute Gasteiger partial charge is 0.496 e. The van der Waals surface area contributed by atoms with Gasteiger partial charge in [-0.3, -0.25) is 10.1 Å². The maximum Gasteiger partial charge on any atom is 0.343 e. The summed E-state index contributed by atoms with van der Waals surface area (Å²) in [5.74, 6) is 0.376. The highest BCUT2D eigenvalue weighted by Gasteiger charge is 2.19. The van der Waals surface area contributed by atoms with E-state index < -0.39 is 10.9 Å². The van der Waals surface area contributed by atoms with Crippen molar-refractivity contribution < 1.29 is 28.7 Å². The number of rotatable bonds is 6. The van der Waals surface area contributed by atoms with Gasteiger partial charge in [0.15, 0.2) is 5.75 Å². The Kier molecular flexibility index (Phi) is 5.20. The minimum Gasteiger partial charge on any atom is -0.496 e. The third-order valence-corrected chi connectivity index (χ3v) is 3.15. The van der Waals surface area contributed by atoms with Crippen LogP contribution in [-0.4, -0.2) is 32.2 Å². The van der Waals surface area contributed by atoms with Crippen molar-refractivity contribution in [3.63, 3.8) is 0 Å². The SMILES string of the molecule is COc1cc(OC)cc(OC(=O)c2ccc(OC)c([N+](=O)[O-])c2)c1. The average molecular weight is 333 g/mol. The Morgan fingerprint density at radius 1 is 0.917 bits per heavy atom. The molecule has 0 atom stereocenters. The maximum atomic E-state index is 12.2. The number of carbonyl (C=O) groups excluding carboxylic acids is 1. The van der Waals surface area contributed by atoms with Gasteiger partial charge < -0.3 is 18.9 Å². The predicted molar refractivity (Wildman–Crippen MR) is 84.2 cm³/mol. The molecule has 0 aliphatic rings. The van der Waals surface area contributed by atoms with Crippen LogP contribution in [0.2, 0.25) is 0 Å². The zero-order valence-corrected chi connectivity index (χ0v) is 13.3. The molecule has 0 aliphatic carbocycles. The molecule has 0 spiro atoms. The lowest BCUT2D eigenvalue weighted by Gasteiger charge is -2.09. The van der Waals surface area contributed by atoms with E-state index in [9.17, 15) is 14.9 Å². The van der Waals surface area contributed by atoms with Crippen LogP contribution in [0.1, 0.15) is 10.4 Å². The summed E-state index contributed by atoms with van der Waals surface area (Å²) in [4.78, 5) is 22.6. The van der Waals surface area contributed by atoms with Crippen molar-refractivity contribution in [1.82, 2.24) is 0 Å². The van der Waals surface area contributed by atoms with Gasteiger partial charge in [-0.2, -0.15) is 0 Å². The van der Waals surface area contributed by atoms with Gasteiger partial charge in [-0.15, -0.1) is 0 Å². The Hall–Kier alpha value is -3.29. The first kappa shape index (κ1) is 17.1. The van der Waals surface area contributed by atoms with E-state index in [1.54, 1.807) is 6.07 Å². The molecular weight excluding hydrogens is 318 g/mol. The summed E-state index contributed by atoms with van der Waals surface area (Å²) in [5.41, 5.74) is -0.306. The molecule has 0 heterocycles. The number of ether oxygens (including phenoxy) is 4. The Morgan fingerprint density at radius 3 is 2.00 bits per heavy atom. The molecule has 0 fully saturated rings. The van der Waals surface area contributed by atoms with Gasteiger partial charge in [0.1, 0.15) is 17.2 Å². The van der Waals surface area contributed by atoms with E-state index in [1.807, 2.05) is 0 Å². The normalized spacial score (nSPS) is 9.96. The molecule has 0 aromatic heterocycles. The summed E-state index contributed by atoms with van der Waals surface area (Å²) < 4.78 is 20.3. The molecule has 0 saturated heterocycles. The van der Waals surface area contributed by atoms with Crippen molar-refractivity contribution in [2.45, 2.75) is 0 Å². The lowest BCUT2D eigenvalue weighted by Crippen LogP contribution is -2.09. The average Bonchev–Trinajstić information content (AvgIpc) is 2.60. The fraction of sp³-hybridized carbons (Fsp3) is 0.188. The molecule has 8 heteroatoms. The molecule has 0 aliphatic heterocycles. The molecule has 2 aromatic rings. The molecule has 0 saturated carbocycles. The molecular formula is C16H15NO7. The molecule has 2 aromatic carbocycles.